The Bertz CT molecular complexity index is 542. The first kappa shape index (κ1) is 13.4. The molecule has 1 heterocycles. The Morgan fingerprint density at radius 1 is 1.16 bits per heavy atom. The fourth-order valence-electron chi connectivity index (χ4n) is 1.85. The maximum Gasteiger partial charge on any atom is 0.226 e. The van der Waals surface area contributed by atoms with Crippen molar-refractivity contribution in [2.75, 3.05) is 20.8 Å². The van der Waals surface area contributed by atoms with Crippen LogP contribution in [0.4, 0.5) is 0 Å². The number of benzene rings is 1. The van der Waals surface area contributed by atoms with Gasteiger partial charge in [0, 0.05) is 18.1 Å². The van der Waals surface area contributed by atoms with Crippen LogP contribution in [-0.4, -0.2) is 25.7 Å². The molecule has 0 bridgehead atoms. The first-order valence-corrected chi connectivity index (χ1v) is 6.07. The van der Waals surface area contributed by atoms with Crippen LogP contribution >= 0.6 is 0 Å². The molecule has 0 unspecified atom stereocenters. The van der Waals surface area contributed by atoms with E-state index < -0.39 is 0 Å². The van der Waals surface area contributed by atoms with E-state index in [0.29, 0.717) is 30.4 Å². The van der Waals surface area contributed by atoms with Gasteiger partial charge in [-0.3, -0.25) is 0 Å². The van der Waals surface area contributed by atoms with Gasteiger partial charge in [0.1, 0.15) is 17.3 Å². The SMILES string of the molecule is COc1cc(OC)cc(-c2nc(CCN)c(C)o2)c1. The van der Waals surface area contributed by atoms with Gasteiger partial charge in [-0.15, -0.1) is 0 Å². The fourth-order valence-corrected chi connectivity index (χ4v) is 1.85. The third-order valence-corrected chi connectivity index (χ3v) is 2.87. The van der Waals surface area contributed by atoms with Crippen LogP contribution in [0.3, 0.4) is 0 Å². The molecule has 102 valence electrons. The standard InChI is InChI=1S/C14H18N2O3/c1-9-13(4-5-15)16-14(19-9)10-6-11(17-2)8-12(7-10)18-3/h6-8H,4-5,15H2,1-3H3. The zero-order valence-electron chi connectivity index (χ0n) is 11.4. The third-order valence-electron chi connectivity index (χ3n) is 2.87. The van der Waals surface area contributed by atoms with E-state index in [0.717, 1.165) is 17.0 Å². The van der Waals surface area contributed by atoms with Crippen molar-refractivity contribution in [2.24, 2.45) is 5.73 Å². The number of aryl methyl sites for hydroxylation is 1. The van der Waals surface area contributed by atoms with Crippen LogP contribution in [0.1, 0.15) is 11.5 Å². The molecule has 5 nitrogen and oxygen atoms in total. The van der Waals surface area contributed by atoms with Crippen LogP contribution in [0.15, 0.2) is 22.6 Å². The van der Waals surface area contributed by atoms with Crippen molar-refractivity contribution in [3.8, 4) is 23.0 Å². The van der Waals surface area contributed by atoms with E-state index in [1.54, 1.807) is 20.3 Å². The molecule has 0 amide bonds. The highest BCUT2D eigenvalue weighted by Gasteiger charge is 2.13. The lowest BCUT2D eigenvalue weighted by molar-refractivity contribution is 0.394. The summed E-state index contributed by atoms with van der Waals surface area (Å²) in [7, 11) is 3.22. The van der Waals surface area contributed by atoms with Gasteiger partial charge in [-0.25, -0.2) is 4.98 Å². The van der Waals surface area contributed by atoms with E-state index >= 15 is 0 Å². The second-order valence-electron chi connectivity index (χ2n) is 4.16. The molecule has 0 atom stereocenters. The van der Waals surface area contributed by atoms with Crippen molar-refractivity contribution in [1.82, 2.24) is 4.98 Å². The summed E-state index contributed by atoms with van der Waals surface area (Å²) in [5, 5.41) is 0. The molecule has 0 radical (unpaired) electrons. The molecule has 2 N–H and O–H groups in total. The van der Waals surface area contributed by atoms with Gasteiger partial charge >= 0.3 is 0 Å². The second-order valence-corrected chi connectivity index (χ2v) is 4.16. The largest absolute Gasteiger partial charge is 0.497 e. The average Bonchev–Trinajstić information content (AvgIpc) is 2.80. The molecule has 1 aromatic carbocycles. The highest BCUT2D eigenvalue weighted by molar-refractivity contribution is 5.60. The van der Waals surface area contributed by atoms with Gasteiger partial charge < -0.3 is 19.6 Å². The van der Waals surface area contributed by atoms with Crippen molar-refractivity contribution in [2.45, 2.75) is 13.3 Å². The number of methoxy groups -OCH3 is 2. The van der Waals surface area contributed by atoms with E-state index in [1.165, 1.54) is 0 Å². The maximum atomic E-state index is 5.67. The molecule has 0 aliphatic heterocycles. The van der Waals surface area contributed by atoms with Gasteiger partial charge in [0.2, 0.25) is 5.89 Å². The molecule has 0 spiro atoms. The number of hydrogen-bond acceptors (Lipinski definition) is 5. The molecule has 0 saturated carbocycles. The zero-order chi connectivity index (χ0) is 13.8. The number of hydrogen-bond donors (Lipinski definition) is 1. The summed E-state index contributed by atoms with van der Waals surface area (Å²) in [5.74, 6) is 2.75. The molecule has 0 fully saturated rings. The molecular formula is C14H18N2O3. The molecule has 19 heavy (non-hydrogen) atoms. The van der Waals surface area contributed by atoms with E-state index in [9.17, 15) is 0 Å². The topological polar surface area (TPSA) is 70.5 Å². The molecule has 0 aliphatic carbocycles. The number of nitrogens with zero attached hydrogens (tertiary/aromatic N) is 1. The Kier molecular flexibility index (Phi) is 4.06. The zero-order valence-corrected chi connectivity index (χ0v) is 11.4. The van der Waals surface area contributed by atoms with Crippen LogP contribution in [0.5, 0.6) is 11.5 Å². The summed E-state index contributed by atoms with van der Waals surface area (Å²) in [6.07, 6.45) is 0.705. The summed E-state index contributed by atoms with van der Waals surface area (Å²) < 4.78 is 16.1. The fraction of sp³-hybridized carbons (Fsp3) is 0.357. The Labute approximate surface area is 112 Å². The van der Waals surface area contributed by atoms with Crippen LogP contribution in [-0.2, 0) is 6.42 Å². The van der Waals surface area contributed by atoms with Gasteiger partial charge in [0.05, 0.1) is 19.9 Å². The van der Waals surface area contributed by atoms with Gasteiger partial charge in [-0.2, -0.15) is 0 Å². The Morgan fingerprint density at radius 3 is 2.32 bits per heavy atom. The lowest BCUT2D eigenvalue weighted by atomic mass is 10.2. The predicted molar refractivity (Wildman–Crippen MR) is 72.5 cm³/mol. The second kappa shape index (κ2) is 5.75. The van der Waals surface area contributed by atoms with Crippen LogP contribution in [0.25, 0.3) is 11.5 Å². The normalized spacial score (nSPS) is 10.5. The lowest BCUT2D eigenvalue weighted by Crippen LogP contribution is -2.03. The minimum absolute atomic E-state index is 0.550. The summed E-state index contributed by atoms with van der Waals surface area (Å²) in [6, 6.07) is 5.53. The molecule has 2 aromatic rings. The molecule has 5 heteroatoms. The monoisotopic (exact) mass is 262 g/mol. The number of aromatic nitrogens is 1. The van der Waals surface area contributed by atoms with E-state index in [2.05, 4.69) is 4.98 Å². The maximum absolute atomic E-state index is 5.67. The van der Waals surface area contributed by atoms with Gasteiger partial charge in [0.25, 0.3) is 0 Å². The lowest BCUT2D eigenvalue weighted by Gasteiger charge is -2.06. The highest BCUT2D eigenvalue weighted by atomic mass is 16.5. The number of rotatable bonds is 5. The summed E-state index contributed by atoms with van der Waals surface area (Å²) in [4.78, 5) is 4.46. The minimum Gasteiger partial charge on any atom is -0.497 e. The van der Waals surface area contributed by atoms with Crippen molar-refractivity contribution in [3.05, 3.63) is 29.7 Å². The van der Waals surface area contributed by atoms with Crippen LogP contribution in [0.2, 0.25) is 0 Å². The molecule has 0 aliphatic rings. The molecule has 2 rings (SSSR count). The summed E-state index contributed by atoms with van der Waals surface area (Å²) in [6.45, 7) is 2.44. The Morgan fingerprint density at radius 2 is 1.79 bits per heavy atom. The summed E-state index contributed by atoms with van der Waals surface area (Å²) in [5.41, 5.74) is 7.26. The quantitative estimate of drug-likeness (QED) is 0.894. The van der Waals surface area contributed by atoms with Crippen molar-refractivity contribution in [1.29, 1.82) is 0 Å². The van der Waals surface area contributed by atoms with Crippen LogP contribution in [0, 0.1) is 6.92 Å². The van der Waals surface area contributed by atoms with Gasteiger partial charge in [0.15, 0.2) is 0 Å². The molecular weight excluding hydrogens is 244 g/mol. The third kappa shape index (κ3) is 2.88. The first-order valence-electron chi connectivity index (χ1n) is 6.07. The highest BCUT2D eigenvalue weighted by Crippen LogP contribution is 2.30. The van der Waals surface area contributed by atoms with E-state index in [-0.39, 0.29) is 0 Å². The Balaban J connectivity index is 2.42. The van der Waals surface area contributed by atoms with E-state index in [4.69, 9.17) is 19.6 Å². The van der Waals surface area contributed by atoms with Crippen molar-refractivity contribution in [3.63, 3.8) is 0 Å². The smallest absolute Gasteiger partial charge is 0.226 e. The molecule has 1 aromatic heterocycles. The van der Waals surface area contributed by atoms with Gasteiger partial charge in [-0.05, 0) is 25.6 Å². The summed E-state index contributed by atoms with van der Waals surface area (Å²) >= 11 is 0. The van der Waals surface area contributed by atoms with Gasteiger partial charge in [-0.1, -0.05) is 0 Å². The Hall–Kier alpha value is -2.01. The van der Waals surface area contributed by atoms with Crippen molar-refractivity contribution >= 4 is 0 Å². The molecule has 0 saturated heterocycles. The first-order chi connectivity index (χ1) is 9.17. The average molecular weight is 262 g/mol. The number of oxazole rings is 1. The van der Waals surface area contributed by atoms with Crippen molar-refractivity contribution < 1.29 is 13.9 Å². The number of nitrogens with two attached hydrogens (primary N) is 1. The predicted octanol–water partition coefficient (Wildman–Crippen LogP) is 2.17. The minimum atomic E-state index is 0.550. The van der Waals surface area contributed by atoms with Crippen LogP contribution < -0.4 is 15.2 Å². The number of ether oxygens (including phenoxy) is 2. The van der Waals surface area contributed by atoms with E-state index in [1.807, 2.05) is 19.1 Å².